The van der Waals surface area contributed by atoms with Gasteiger partial charge in [-0.1, -0.05) is 5.16 Å². The maximum Gasteiger partial charge on any atom is 0.335 e. The molecule has 0 saturated heterocycles. The van der Waals surface area contributed by atoms with Gasteiger partial charge in [-0.15, -0.1) is 0 Å². The van der Waals surface area contributed by atoms with Crippen molar-refractivity contribution in [2.75, 3.05) is 14.2 Å². The van der Waals surface area contributed by atoms with Crippen molar-refractivity contribution in [1.29, 1.82) is 0 Å². The second-order valence-corrected chi connectivity index (χ2v) is 4.18. The van der Waals surface area contributed by atoms with Crippen LogP contribution in [-0.2, 0) is 18.0 Å². The summed E-state index contributed by atoms with van der Waals surface area (Å²) in [6.45, 7) is 0.456. The van der Waals surface area contributed by atoms with Crippen molar-refractivity contribution in [2.24, 2.45) is 0 Å². The molecule has 1 aromatic carbocycles. The molecule has 0 aliphatic rings. The van der Waals surface area contributed by atoms with Gasteiger partial charge in [0.25, 0.3) is 0 Å². The Labute approximate surface area is 121 Å². The first kappa shape index (κ1) is 14.9. The Balaban J connectivity index is 2.10. The molecule has 0 bridgehead atoms. The fourth-order valence-electron chi connectivity index (χ4n) is 1.71. The summed E-state index contributed by atoms with van der Waals surface area (Å²) in [6.07, 6.45) is 0. The molecule has 1 aromatic heterocycles. The highest BCUT2D eigenvalue weighted by atomic mass is 16.5. The largest absolute Gasteiger partial charge is 0.493 e. The summed E-state index contributed by atoms with van der Waals surface area (Å²) in [5, 5.41) is 12.8. The van der Waals surface area contributed by atoms with Gasteiger partial charge in [-0.25, -0.2) is 4.79 Å². The van der Waals surface area contributed by atoms with Gasteiger partial charge < -0.3 is 23.8 Å². The first-order valence-electron chi connectivity index (χ1n) is 6.11. The van der Waals surface area contributed by atoms with Gasteiger partial charge in [0.05, 0.1) is 12.7 Å². The van der Waals surface area contributed by atoms with Gasteiger partial charge in [0.1, 0.15) is 18.9 Å². The zero-order valence-electron chi connectivity index (χ0n) is 11.7. The molecular formula is C14H15NO6. The molecule has 1 N–H and O–H groups in total. The van der Waals surface area contributed by atoms with Crippen LogP contribution in [0.1, 0.15) is 21.8 Å². The van der Waals surface area contributed by atoms with Crippen LogP contribution in [0.5, 0.6) is 11.5 Å². The number of hydrogen-bond acceptors (Lipinski definition) is 6. The Morgan fingerprint density at radius 3 is 2.71 bits per heavy atom. The van der Waals surface area contributed by atoms with Crippen LogP contribution in [0.3, 0.4) is 0 Å². The minimum absolute atomic E-state index is 0.117. The van der Waals surface area contributed by atoms with E-state index < -0.39 is 5.97 Å². The Kier molecular flexibility index (Phi) is 4.78. The minimum atomic E-state index is -1.04. The molecule has 0 fully saturated rings. The predicted molar refractivity (Wildman–Crippen MR) is 71.5 cm³/mol. The van der Waals surface area contributed by atoms with E-state index in [1.165, 1.54) is 25.3 Å². The summed E-state index contributed by atoms with van der Waals surface area (Å²) in [5.74, 6) is 0.322. The molecule has 0 saturated carbocycles. The molecular weight excluding hydrogens is 278 g/mol. The first-order valence-corrected chi connectivity index (χ1v) is 6.11. The van der Waals surface area contributed by atoms with Gasteiger partial charge in [0.15, 0.2) is 17.3 Å². The number of hydrogen-bond donors (Lipinski definition) is 1. The van der Waals surface area contributed by atoms with Gasteiger partial charge in [0, 0.05) is 13.2 Å². The molecule has 7 heteroatoms. The number of carboxylic acids is 1. The number of benzene rings is 1. The van der Waals surface area contributed by atoms with Crippen LogP contribution in [0.4, 0.5) is 0 Å². The quantitative estimate of drug-likeness (QED) is 0.835. The molecule has 1 heterocycles. The van der Waals surface area contributed by atoms with Crippen molar-refractivity contribution in [3.05, 3.63) is 41.3 Å². The molecule has 0 atom stereocenters. The molecule has 0 radical (unpaired) electrons. The molecule has 112 valence electrons. The highest BCUT2D eigenvalue weighted by Gasteiger charge is 2.11. The van der Waals surface area contributed by atoms with E-state index in [1.807, 2.05) is 0 Å². The number of ether oxygens (including phenoxy) is 3. The van der Waals surface area contributed by atoms with E-state index in [1.54, 1.807) is 13.2 Å². The highest BCUT2D eigenvalue weighted by Crippen LogP contribution is 2.28. The van der Waals surface area contributed by atoms with Crippen LogP contribution in [-0.4, -0.2) is 30.5 Å². The Morgan fingerprint density at radius 1 is 1.24 bits per heavy atom. The SMILES string of the molecule is COCc1cc(COc2cc(C(=O)O)ccc2OC)no1. The number of carbonyl (C=O) groups is 1. The normalized spacial score (nSPS) is 10.4. The fraction of sp³-hybridized carbons (Fsp3) is 0.286. The predicted octanol–water partition coefficient (Wildman–Crippen LogP) is 2.11. The topological polar surface area (TPSA) is 91.0 Å². The second-order valence-electron chi connectivity index (χ2n) is 4.18. The fourth-order valence-corrected chi connectivity index (χ4v) is 1.71. The van der Waals surface area contributed by atoms with E-state index in [-0.39, 0.29) is 12.2 Å². The van der Waals surface area contributed by atoms with E-state index in [9.17, 15) is 4.79 Å². The van der Waals surface area contributed by atoms with Gasteiger partial charge in [-0.3, -0.25) is 0 Å². The third-order valence-corrected chi connectivity index (χ3v) is 2.68. The Bertz CT molecular complexity index is 622. The van der Waals surface area contributed by atoms with Gasteiger partial charge >= 0.3 is 5.97 Å². The van der Waals surface area contributed by atoms with E-state index in [0.717, 1.165) is 0 Å². The van der Waals surface area contributed by atoms with Crippen molar-refractivity contribution in [3.63, 3.8) is 0 Å². The Hall–Kier alpha value is -2.54. The van der Waals surface area contributed by atoms with E-state index in [2.05, 4.69) is 5.16 Å². The van der Waals surface area contributed by atoms with Crippen LogP contribution < -0.4 is 9.47 Å². The van der Waals surface area contributed by atoms with Gasteiger partial charge in [-0.05, 0) is 18.2 Å². The summed E-state index contributed by atoms with van der Waals surface area (Å²) in [7, 11) is 3.04. The van der Waals surface area contributed by atoms with Crippen molar-refractivity contribution in [1.82, 2.24) is 5.16 Å². The lowest BCUT2D eigenvalue weighted by Gasteiger charge is -2.10. The summed E-state index contributed by atoms with van der Waals surface area (Å²) in [5.41, 5.74) is 0.691. The lowest BCUT2D eigenvalue weighted by molar-refractivity contribution is 0.0696. The van der Waals surface area contributed by atoms with E-state index in [4.69, 9.17) is 23.8 Å². The van der Waals surface area contributed by atoms with Crippen LogP contribution in [0.2, 0.25) is 0 Å². The highest BCUT2D eigenvalue weighted by molar-refractivity contribution is 5.88. The average Bonchev–Trinajstić information content (AvgIpc) is 2.92. The van der Waals surface area contributed by atoms with Crippen LogP contribution >= 0.6 is 0 Å². The maximum absolute atomic E-state index is 11.0. The molecule has 0 unspecified atom stereocenters. The van der Waals surface area contributed by atoms with E-state index in [0.29, 0.717) is 29.6 Å². The van der Waals surface area contributed by atoms with Crippen molar-refractivity contribution in [2.45, 2.75) is 13.2 Å². The third kappa shape index (κ3) is 3.73. The number of nitrogens with zero attached hydrogens (tertiary/aromatic N) is 1. The molecule has 0 aliphatic carbocycles. The molecule has 0 aliphatic heterocycles. The Morgan fingerprint density at radius 2 is 2.05 bits per heavy atom. The third-order valence-electron chi connectivity index (χ3n) is 2.68. The first-order chi connectivity index (χ1) is 10.1. The number of methoxy groups -OCH3 is 2. The van der Waals surface area contributed by atoms with Crippen LogP contribution in [0.15, 0.2) is 28.8 Å². The molecule has 2 aromatic rings. The zero-order chi connectivity index (χ0) is 15.2. The number of rotatable bonds is 7. The molecule has 2 rings (SSSR count). The van der Waals surface area contributed by atoms with Gasteiger partial charge in [0.2, 0.25) is 0 Å². The van der Waals surface area contributed by atoms with Crippen LogP contribution in [0, 0.1) is 0 Å². The smallest absolute Gasteiger partial charge is 0.335 e. The van der Waals surface area contributed by atoms with Crippen molar-refractivity contribution in [3.8, 4) is 11.5 Å². The van der Waals surface area contributed by atoms with Gasteiger partial charge in [-0.2, -0.15) is 0 Å². The molecule has 21 heavy (non-hydrogen) atoms. The molecule has 0 amide bonds. The second kappa shape index (κ2) is 6.76. The minimum Gasteiger partial charge on any atom is -0.493 e. The van der Waals surface area contributed by atoms with Crippen LogP contribution in [0.25, 0.3) is 0 Å². The zero-order valence-corrected chi connectivity index (χ0v) is 11.7. The average molecular weight is 293 g/mol. The van der Waals surface area contributed by atoms with Crippen molar-refractivity contribution >= 4 is 5.97 Å². The summed E-state index contributed by atoms with van der Waals surface area (Å²) in [6, 6.07) is 6.09. The lowest BCUT2D eigenvalue weighted by atomic mass is 10.2. The number of aromatic nitrogens is 1. The monoisotopic (exact) mass is 293 g/mol. The lowest BCUT2D eigenvalue weighted by Crippen LogP contribution is -2.01. The number of aromatic carboxylic acids is 1. The van der Waals surface area contributed by atoms with E-state index >= 15 is 0 Å². The number of carboxylic acid groups (broad SMARTS) is 1. The summed E-state index contributed by atoms with van der Waals surface area (Å²) < 4.78 is 20.6. The van der Waals surface area contributed by atoms with Crippen molar-refractivity contribution < 1.29 is 28.6 Å². The molecule has 7 nitrogen and oxygen atoms in total. The standard InChI is InChI=1S/C14H15NO6/c1-18-8-11-6-10(15-21-11)7-20-13-5-9(14(16)17)3-4-12(13)19-2/h3-6H,7-8H2,1-2H3,(H,16,17). The summed E-state index contributed by atoms with van der Waals surface area (Å²) in [4.78, 5) is 11.0. The maximum atomic E-state index is 11.0. The summed E-state index contributed by atoms with van der Waals surface area (Å²) >= 11 is 0. The molecule has 0 spiro atoms.